The normalized spacial score (nSPS) is 21.5. The van der Waals surface area contributed by atoms with Crippen molar-refractivity contribution < 1.29 is 36.9 Å². The van der Waals surface area contributed by atoms with E-state index >= 15 is 0 Å². The molecule has 1 saturated carbocycles. The summed E-state index contributed by atoms with van der Waals surface area (Å²) in [4.78, 5) is 12.4. The maximum absolute atomic E-state index is 13.4. The molecule has 0 heterocycles. The molecule has 1 atom stereocenters. The summed E-state index contributed by atoms with van der Waals surface area (Å²) in [7, 11) is -3.86. The van der Waals surface area contributed by atoms with Crippen LogP contribution in [0.1, 0.15) is 43.0 Å². The maximum Gasteiger partial charge on any atom is 0.255 e. The molecule has 0 radical (unpaired) electrons. The van der Waals surface area contributed by atoms with E-state index in [0.717, 1.165) is 18.2 Å². The minimum absolute atomic E-state index is 0.00834. The molecule has 2 aromatic carbocycles. The van der Waals surface area contributed by atoms with Crippen LogP contribution < -0.4 is 5.32 Å². The summed E-state index contributed by atoms with van der Waals surface area (Å²) >= 11 is 6.15. The second-order valence-electron chi connectivity index (χ2n) is 9.04. The van der Waals surface area contributed by atoms with Crippen molar-refractivity contribution in [1.82, 2.24) is 0 Å². The van der Waals surface area contributed by atoms with E-state index < -0.39 is 39.1 Å². The zero-order valence-electron chi connectivity index (χ0n) is 19.1. The van der Waals surface area contributed by atoms with Gasteiger partial charge in [-0.3, -0.25) is 4.79 Å². The molecule has 2 aromatic rings. The highest BCUT2D eigenvalue weighted by Gasteiger charge is 2.36. The Hall–Kier alpha value is -2.11. The highest BCUT2D eigenvalue weighted by atomic mass is 35.5. The molecular weight excluding hydrogens is 504 g/mol. The van der Waals surface area contributed by atoms with Crippen LogP contribution in [0.2, 0.25) is 5.02 Å². The molecule has 0 bridgehead atoms. The summed E-state index contributed by atoms with van der Waals surface area (Å²) in [6.45, 7) is 1.76. The molecule has 0 aliphatic heterocycles. The van der Waals surface area contributed by atoms with Gasteiger partial charge in [-0.25, -0.2) is 17.2 Å². The SMILES string of the molecule is C[C@@H](O)COCC1(O)CCC(CS(=O)(=O)c2cc(C(=O)Nc3ccc(F)c(F)c3)ccc2Cl)CC1. The average molecular weight is 532 g/mol. The van der Waals surface area contributed by atoms with E-state index in [1.165, 1.54) is 18.2 Å². The average Bonchev–Trinajstić information content (AvgIpc) is 2.78. The molecule has 192 valence electrons. The Morgan fingerprint density at radius 2 is 1.89 bits per heavy atom. The van der Waals surface area contributed by atoms with Gasteiger partial charge in [-0.15, -0.1) is 0 Å². The summed E-state index contributed by atoms with van der Waals surface area (Å²) in [6, 6.07) is 6.67. The number of ether oxygens (including phenoxy) is 1. The van der Waals surface area contributed by atoms with Crippen LogP contribution in [-0.2, 0) is 14.6 Å². The lowest BCUT2D eigenvalue weighted by molar-refractivity contribution is -0.0862. The van der Waals surface area contributed by atoms with Crippen molar-refractivity contribution in [2.75, 3.05) is 24.3 Å². The van der Waals surface area contributed by atoms with Crippen molar-refractivity contribution in [2.24, 2.45) is 5.92 Å². The summed E-state index contributed by atoms with van der Waals surface area (Å²) in [5.74, 6) is -3.31. The number of aliphatic hydroxyl groups excluding tert-OH is 1. The quantitative estimate of drug-likeness (QED) is 0.451. The van der Waals surface area contributed by atoms with Crippen molar-refractivity contribution in [3.05, 3.63) is 58.6 Å². The number of amides is 1. The highest BCUT2D eigenvalue weighted by Crippen LogP contribution is 2.35. The molecular formula is C24H28ClF2NO6S. The molecule has 3 N–H and O–H groups in total. The minimum atomic E-state index is -3.86. The zero-order chi connectivity index (χ0) is 25.8. The number of carbonyl (C=O) groups is 1. The van der Waals surface area contributed by atoms with Gasteiger partial charge in [-0.1, -0.05) is 11.6 Å². The van der Waals surface area contributed by atoms with Gasteiger partial charge in [0.05, 0.1) is 40.6 Å². The number of benzene rings is 2. The highest BCUT2D eigenvalue weighted by molar-refractivity contribution is 7.91. The van der Waals surface area contributed by atoms with Crippen molar-refractivity contribution in [2.45, 2.75) is 49.2 Å². The van der Waals surface area contributed by atoms with Gasteiger partial charge in [-0.2, -0.15) is 0 Å². The predicted molar refractivity (Wildman–Crippen MR) is 127 cm³/mol. The second-order valence-corrected chi connectivity index (χ2v) is 11.5. The number of sulfone groups is 1. The Balaban J connectivity index is 1.66. The van der Waals surface area contributed by atoms with Crippen LogP contribution in [0.25, 0.3) is 0 Å². The smallest absolute Gasteiger partial charge is 0.255 e. The van der Waals surface area contributed by atoms with Crippen molar-refractivity contribution in [3.8, 4) is 0 Å². The van der Waals surface area contributed by atoms with Gasteiger partial charge in [0.15, 0.2) is 21.5 Å². The molecule has 0 saturated heterocycles. The van der Waals surface area contributed by atoms with E-state index in [2.05, 4.69) is 5.32 Å². The first kappa shape index (κ1) is 27.5. The van der Waals surface area contributed by atoms with Gasteiger partial charge < -0.3 is 20.3 Å². The number of anilines is 1. The van der Waals surface area contributed by atoms with E-state index in [0.29, 0.717) is 25.7 Å². The topological polar surface area (TPSA) is 113 Å². The van der Waals surface area contributed by atoms with E-state index in [1.807, 2.05) is 0 Å². The third-order valence-corrected chi connectivity index (χ3v) is 8.29. The summed E-state index contributed by atoms with van der Waals surface area (Å²) in [5, 5.41) is 22.3. The molecule has 3 rings (SSSR count). The zero-order valence-corrected chi connectivity index (χ0v) is 20.7. The van der Waals surface area contributed by atoms with E-state index in [-0.39, 0.29) is 46.1 Å². The molecule has 35 heavy (non-hydrogen) atoms. The fraction of sp³-hybridized carbons (Fsp3) is 0.458. The fourth-order valence-corrected chi connectivity index (χ4v) is 6.28. The lowest BCUT2D eigenvalue weighted by Gasteiger charge is -2.35. The third-order valence-electron chi connectivity index (χ3n) is 5.93. The van der Waals surface area contributed by atoms with Gasteiger partial charge in [-0.05, 0) is 68.9 Å². The lowest BCUT2D eigenvalue weighted by Crippen LogP contribution is -2.40. The first-order valence-electron chi connectivity index (χ1n) is 11.2. The number of hydrogen-bond acceptors (Lipinski definition) is 6. The Kier molecular flexibility index (Phi) is 8.87. The minimum Gasteiger partial charge on any atom is -0.391 e. The van der Waals surface area contributed by atoms with E-state index in [1.54, 1.807) is 6.92 Å². The Morgan fingerprint density at radius 1 is 1.20 bits per heavy atom. The van der Waals surface area contributed by atoms with Gasteiger partial charge in [0.2, 0.25) is 0 Å². The second kappa shape index (κ2) is 11.3. The van der Waals surface area contributed by atoms with Crippen LogP contribution >= 0.6 is 11.6 Å². The molecule has 0 aromatic heterocycles. The summed E-state index contributed by atoms with van der Waals surface area (Å²) < 4.78 is 58.1. The number of nitrogens with one attached hydrogen (secondary N) is 1. The lowest BCUT2D eigenvalue weighted by atomic mass is 9.80. The van der Waals surface area contributed by atoms with Crippen LogP contribution in [-0.4, -0.2) is 55.2 Å². The van der Waals surface area contributed by atoms with Crippen LogP contribution in [0.4, 0.5) is 14.5 Å². The Morgan fingerprint density at radius 3 is 2.51 bits per heavy atom. The third kappa shape index (κ3) is 7.44. The number of hydrogen-bond donors (Lipinski definition) is 3. The van der Waals surface area contributed by atoms with Gasteiger partial charge in [0.1, 0.15) is 0 Å². The first-order valence-corrected chi connectivity index (χ1v) is 13.2. The van der Waals surface area contributed by atoms with Gasteiger partial charge in [0.25, 0.3) is 5.91 Å². The summed E-state index contributed by atoms with van der Waals surface area (Å²) in [6.07, 6.45) is 0.998. The molecule has 1 aliphatic carbocycles. The maximum atomic E-state index is 13.4. The number of carbonyl (C=O) groups excluding carboxylic acids is 1. The largest absolute Gasteiger partial charge is 0.391 e. The van der Waals surface area contributed by atoms with Crippen molar-refractivity contribution >= 4 is 33.0 Å². The fourth-order valence-electron chi connectivity index (χ4n) is 4.01. The van der Waals surface area contributed by atoms with Crippen LogP contribution in [0, 0.1) is 17.6 Å². The Labute approximate surface area is 208 Å². The number of rotatable bonds is 9. The van der Waals surface area contributed by atoms with Gasteiger partial charge in [0, 0.05) is 17.3 Å². The molecule has 1 fully saturated rings. The van der Waals surface area contributed by atoms with Gasteiger partial charge >= 0.3 is 0 Å². The van der Waals surface area contributed by atoms with Crippen LogP contribution in [0.3, 0.4) is 0 Å². The van der Waals surface area contributed by atoms with Crippen LogP contribution in [0.5, 0.6) is 0 Å². The predicted octanol–water partition coefficient (Wildman–Crippen LogP) is 3.96. The molecule has 0 unspecified atom stereocenters. The molecule has 11 heteroatoms. The van der Waals surface area contributed by atoms with E-state index in [9.17, 15) is 32.2 Å². The van der Waals surface area contributed by atoms with Crippen molar-refractivity contribution in [3.63, 3.8) is 0 Å². The van der Waals surface area contributed by atoms with Crippen LogP contribution in [0.15, 0.2) is 41.3 Å². The standard InChI is InChI=1S/C24H28ClF2NO6S/c1-15(29)12-34-14-24(31)8-6-16(7-9-24)13-35(32,33)22-10-17(2-4-19(22)25)23(30)28-18-3-5-20(26)21(27)11-18/h2-5,10-11,15-16,29,31H,6-9,12-14H2,1H3,(H,28,30)/t15-,16?,24?/m1/s1. The molecule has 0 spiro atoms. The van der Waals surface area contributed by atoms with E-state index in [4.69, 9.17) is 16.3 Å². The number of halogens is 3. The van der Waals surface area contributed by atoms with Crippen molar-refractivity contribution in [1.29, 1.82) is 0 Å². The number of aliphatic hydroxyl groups is 2. The first-order chi connectivity index (χ1) is 16.4. The monoisotopic (exact) mass is 531 g/mol. The summed E-state index contributed by atoms with van der Waals surface area (Å²) in [5.41, 5.74) is -1.06. The molecule has 1 aliphatic rings. The molecule has 7 nitrogen and oxygen atoms in total. The Bertz CT molecular complexity index is 1170. The molecule has 1 amide bonds.